The smallest absolute Gasteiger partial charge is 0.250 e. The van der Waals surface area contributed by atoms with Crippen molar-refractivity contribution in [1.82, 2.24) is 0 Å². The fourth-order valence-electron chi connectivity index (χ4n) is 1.93. The van der Waals surface area contributed by atoms with Crippen LogP contribution in [-0.4, -0.2) is 26.6 Å². The number of aliphatic hydroxyl groups is 1. The molecule has 0 unspecified atom stereocenters. The van der Waals surface area contributed by atoms with E-state index in [0.717, 1.165) is 16.9 Å². The SMILES string of the molecule is CC(C)(C)[Si](C)(C)Oc1cc(CO)ccc1C1OCCO1. The summed E-state index contributed by atoms with van der Waals surface area (Å²) in [5, 5.41) is 9.48. The zero-order valence-electron chi connectivity index (χ0n) is 13.6. The third-order valence-corrected chi connectivity index (χ3v) is 8.65. The van der Waals surface area contributed by atoms with E-state index >= 15 is 0 Å². The molecule has 1 aromatic rings. The van der Waals surface area contributed by atoms with Crippen molar-refractivity contribution in [3.05, 3.63) is 29.3 Å². The Hall–Kier alpha value is -0.883. The van der Waals surface area contributed by atoms with Gasteiger partial charge in [0.15, 0.2) is 6.29 Å². The van der Waals surface area contributed by atoms with Gasteiger partial charge in [0.25, 0.3) is 0 Å². The fourth-order valence-corrected chi connectivity index (χ4v) is 2.96. The number of benzene rings is 1. The summed E-state index contributed by atoms with van der Waals surface area (Å²) in [6.07, 6.45) is -0.363. The molecular formula is C16H26O4Si. The minimum absolute atomic E-state index is 0.000519. The molecule has 1 aromatic carbocycles. The molecule has 0 spiro atoms. The molecular weight excluding hydrogens is 284 g/mol. The monoisotopic (exact) mass is 310 g/mol. The number of aliphatic hydroxyl groups excluding tert-OH is 1. The van der Waals surface area contributed by atoms with Crippen LogP contribution in [0.15, 0.2) is 18.2 Å². The lowest BCUT2D eigenvalue weighted by Gasteiger charge is -2.37. The van der Waals surface area contributed by atoms with E-state index in [1.165, 1.54) is 0 Å². The maximum Gasteiger partial charge on any atom is 0.250 e. The van der Waals surface area contributed by atoms with E-state index in [2.05, 4.69) is 33.9 Å². The van der Waals surface area contributed by atoms with Gasteiger partial charge in [0.1, 0.15) is 5.75 Å². The van der Waals surface area contributed by atoms with E-state index < -0.39 is 8.32 Å². The van der Waals surface area contributed by atoms with Crippen LogP contribution in [0.25, 0.3) is 0 Å². The summed E-state index contributed by atoms with van der Waals surface area (Å²) in [5.74, 6) is 0.778. The maximum absolute atomic E-state index is 9.37. The molecule has 21 heavy (non-hydrogen) atoms. The van der Waals surface area contributed by atoms with Gasteiger partial charge in [0.05, 0.1) is 19.8 Å². The molecule has 0 radical (unpaired) electrons. The summed E-state index contributed by atoms with van der Waals surface area (Å²) in [7, 11) is -1.96. The second kappa shape index (κ2) is 6.08. The lowest BCUT2D eigenvalue weighted by molar-refractivity contribution is -0.0451. The Morgan fingerprint density at radius 3 is 2.38 bits per heavy atom. The second-order valence-corrected chi connectivity index (χ2v) is 11.7. The van der Waals surface area contributed by atoms with Crippen LogP contribution in [0.5, 0.6) is 5.75 Å². The zero-order valence-corrected chi connectivity index (χ0v) is 14.6. The standard InChI is InChI=1S/C16H26O4Si/c1-16(2,3)21(4,5)20-14-10-12(11-17)6-7-13(14)15-18-8-9-19-15/h6-7,10,15,17H,8-9,11H2,1-5H3. The highest BCUT2D eigenvalue weighted by atomic mass is 28.4. The molecule has 1 fully saturated rings. The Kier molecular flexibility index (Phi) is 4.78. The first-order valence-electron chi connectivity index (χ1n) is 7.40. The van der Waals surface area contributed by atoms with Crippen LogP contribution in [0.1, 0.15) is 38.2 Å². The van der Waals surface area contributed by atoms with Crippen LogP contribution in [0.2, 0.25) is 18.1 Å². The molecule has 0 atom stereocenters. The first-order chi connectivity index (χ1) is 9.74. The number of hydrogen-bond acceptors (Lipinski definition) is 4. The lowest BCUT2D eigenvalue weighted by Crippen LogP contribution is -2.44. The molecule has 0 amide bonds. The van der Waals surface area contributed by atoms with Gasteiger partial charge in [-0.2, -0.15) is 0 Å². The van der Waals surface area contributed by atoms with Gasteiger partial charge in [-0.15, -0.1) is 0 Å². The Morgan fingerprint density at radius 1 is 1.24 bits per heavy atom. The van der Waals surface area contributed by atoms with Crippen LogP contribution in [0, 0.1) is 0 Å². The van der Waals surface area contributed by atoms with Crippen molar-refractivity contribution in [2.24, 2.45) is 0 Å². The van der Waals surface area contributed by atoms with E-state index in [1.54, 1.807) is 0 Å². The van der Waals surface area contributed by atoms with Crippen molar-refractivity contribution < 1.29 is 19.0 Å². The highest BCUT2D eigenvalue weighted by molar-refractivity contribution is 6.74. The highest BCUT2D eigenvalue weighted by Gasteiger charge is 2.40. The van der Waals surface area contributed by atoms with Crippen LogP contribution in [0.4, 0.5) is 0 Å². The van der Waals surface area contributed by atoms with E-state index in [-0.39, 0.29) is 17.9 Å². The summed E-state index contributed by atoms with van der Waals surface area (Å²) in [4.78, 5) is 0. The molecule has 0 saturated carbocycles. The van der Waals surface area contributed by atoms with Gasteiger partial charge in [0, 0.05) is 5.56 Å². The minimum Gasteiger partial charge on any atom is -0.543 e. The average molecular weight is 310 g/mol. The van der Waals surface area contributed by atoms with E-state index in [4.69, 9.17) is 13.9 Å². The predicted octanol–water partition coefficient (Wildman–Crippen LogP) is 3.61. The third kappa shape index (κ3) is 3.66. The van der Waals surface area contributed by atoms with Crippen LogP contribution >= 0.6 is 0 Å². The summed E-state index contributed by atoms with van der Waals surface area (Å²) >= 11 is 0. The Balaban J connectivity index is 2.35. The van der Waals surface area contributed by atoms with Crippen LogP contribution in [-0.2, 0) is 16.1 Å². The molecule has 1 heterocycles. The minimum atomic E-state index is -1.96. The predicted molar refractivity (Wildman–Crippen MR) is 84.8 cm³/mol. The van der Waals surface area contributed by atoms with Crippen molar-refractivity contribution in [3.8, 4) is 5.75 Å². The molecule has 1 saturated heterocycles. The van der Waals surface area contributed by atoms with Crippen LogP contribution < -0.4 is 4.43 Å². The second-order valence-electron chi connectivity index (χ2n) is 6.97. The number of hydrogen-bond donors (Lipinski definition) is 1. The topological polar surface area (TPSA) is 47.9 Å². The van der Waals surface area contributed by atoms with Crippen molar-refractivity contribution in [3.63, 3.8) is 0 Å². The molecule has 5 heteroatoms. The van der Waals surface area contributed by atoms with Gasteiger partial charge in [-0.3, -0.25) is 0 Å². The van der Waals surface area contributed by atoms with Gasteiger partial charge in [-0.25, -0.2) is 0 Å². The first kappa shape index (κ1) is 16.5. The van der Waals surface area contributed by atoms with Crippen molar-refractivity contribution in [1.29, 1.82) is 0 Å². The summed E-state index contributed by atoms with van der Waals surface area (Å²) in [6.45, 7) is 12.2. The number of rotatable bonds is 4. The normalized spacial score (nSPS) is 17.2. The maximum atomic E-state index is 9.37. The van der Waals surface area contributed by atoms with Gasteiger partial charge in [-0.05, 0) is 35.8 Å². The Labute approximate surface area is 128 Å². The molecule has 1 aliphatic heterocycles. The molecule has 0 bridgehead atoms. The molecule has 1 aliphatic rings. The van der Waals surface area contributed by atoms with E-state index in [9.17, 15) is 5.11 Å². The van der Waals surface area contributed by atoms with Gasteiger partial charge in [0.2, 0.25) is 8.32 Å². The average Bonchev–Trinajstić information content (AvgIpc) is 2.90. The highest BCUT2D eigenvalue weighted by Crippen LogP contribution is 2.40. The van der Waals surface area contributed by atoms with E-state index in [0.29, 0.717) is 13.2 Å². The van der Waals surface area contributed by atoms with Gasteiger partial charge >= 0.3 is 0 Å². The molecule has 0 aliphatic carbocycles. The molecule has 118 valence electrons. The summed E-state index contributed by atoms with van der Waals surface area (Å²) in [6, 6.07) is 5.73. The third-order valence-electron chi connectivity index (χ3n) is 4.31. The summed E-state index contributed by atoms with van der Waals surface area (Å²) < 4.78 is 17.6. The summed E-state index contributed by atoms with van der Waals surface area (Å²) in [5.41, 5.74) is 1.75. The van der Waals surface area contributed by atoms with Crippen molar-refractivity contribution in [2.45, 2.75) is 51.8 Å². The van der Waals surface area contributed by atoms with Gasteiger partial charge < -0.3 is 19.0 Å². The molecule has 1 N–H and O–H groups in total. The van der Waals surface area contributed by atoms with E-state index in [1.807, 2.05) is 18.2 Å². The lowest BCUT2D eigenvalue weighted by atomic mass is 10.1. The van der Waals surface area contributed by atoms with Crippen molar-refractivity contribution >= 4 is 8.32 Å². The quantitative estimate of drug-likeness (QED) is 0.863. The Bertz CT molecular complexity index is 488. The first-order valence-corrected chi connectivity index (χ1v) is 10.3. The van der Waals surface area contributed by atoms with Crippen molar-refractivity contribution in [2.75, 3.05) is 13.2 Å². The van der Waals surface area contributed by atoms with Crippen LogP contribution in [0.3, 0.4) is 0 Å². The largest absolute Gasteiger partial charge is 0.543 e. The fraction of sp³-hybridized carbons (Fsp3) is 0.625. The molecule has 2 rings (SSSR count). The zero-order chi connectivity index (χ0) is 15.7. The number of ether oxygens (including phenoxy) is 2. The van der Waals surface area contributed by atoms with Gasteiger partial charge in [-0.1, -0.05) is 26.8 Å². The molecule has 0 aromatic heterocycles. The molecule has 4 nitrogen and oxygen atoms in total. The Morgan fingerprint density at radius 2 is 1.86 bits per heavy atom.